The third-order valence-electron chi connectivity index (χ3n) is 3.24. The summed E-state index contributed by atoms with van der Waals surface area (Å²) in [5.41, 5.74) is 0. The number of rotatable bonds is 11. The molecule has 0 aliphatic carbocycles. The van der Waals surface area contributed by atoms with Gasteiger partial charge in [-0.1, -0.05) is 0 Å². The standard InChI is InChI=1S/C10H16N2O8.C6H6O4/c13-7(14)3-11(4-8(15)16)1-2-12(5-9(17)18)6-10(19)20;7-3-1-4(8)6(10)2-5(3)9/h1-6H2,(H,13,14)(H,15,16)(H,17,18)(H,19,20);1-2,7-10H. The van der Waals surface area contributed by atoms with Crippen molar-refractivity contribution >= 4 is 23.9 Å². The van der Waals surface area contributed by atoms with E-state index in [9.17, 15) is 19.2 Å². The third kappa shape index (κ3) is 11.8. The van der Waals surface area contributed by atoms with Crippen molar-refractivity contribution in [1.29, 1.82) is 0 Å². The van der Waals surface area contributed by atoms with Crippen molar-refractivity contribution in [2.24, 2.45) is 0 Å². The Labute approximate surface area is 169 Å². The summed E-state index contributed by atoms with van der Waals surface area (Å²) in [6.07, 6.45) is 0. The molecule has 0 fully saturated rings. The van der Waals surface area contributed by atoms with Gasteiger partial charge in [-0.2, -0.15) is 0 Å². The predicted octanol–water partition coefficient (Wildman–Crippen LogP) is -1.56. The average Bonchev–Trinajstić information content (AvgIpc) is 2.56. The lowest BCUT2D eigenvalue weighted by molar-refractivity contribution is -0.145. The van der Waals surface area contributed by atoms with E-state index in [4.69, 9.17) is 40.9 Å². The molecular weight excluding hydrogens is 412 g/mol. The van der Waals surface area contributed by atoms with E-state index < -0.39 is 73.1 Å². The molecule has 0 radical (unpaired) electrons. The number of aliphatic carboxylic acids is 4. The Morgan fingerprint density at radius 3 is 0.900 bits per heavy atom. The number of carboxylic acids is 4. The van der Waals surface area contributed by atoms with Gasteiger partial charge >= 0.3 is 23.9 Å². The van der Waals surface area contributed by atoms with Crippen LogP contribution in [0.25, 0.3) is 0 Å². The van der Waals surface area contributed by atoms with Gasteiger partial charge in [0.1, 0.15) is 0 Å². The molecule has 0 atom stereocenters. The first-order chi connectivity index (χ1) is 13.8. The van der Waals surface area contributed by atoms with E-state index in [1.807, 2.05) is 0 Å². The van der Waals surface area contributed by atoms with Crippen molar-refractivity contribution in [2.75, 3.05) is 39.3 Å². The molecule has 1 aromatic carbocycles. The number of benzene rings is 1. The molecule has 1 aromatic rings. The van der Waals surface area contributed by atoms with Crippen LogP contribution in [0.3, 0.4) is 0 Å². The molecule has 30 heavy (non-hydrogen) atoms. The Morgan fingerprint density at radius 2 is 0.733 bits per heavy atom. The fourth-order valence-electron chi connectivity index (χ4n) is 2.03. The highest BCUT2D eigenvalue weighted by atomic mass is 16.4. The maximum atomic E-state index is 10.6. The van der Waals surface area contributed by atoms with Gasteiger partial charge in [0.2, 0.25) is 0 Å². The zero-order chi connectivity index (χ0) is 23.4. The van der Waals surface area contributed by atoms with Crippen LogP contribution in [-0.4, -0.2) is 114 Å². The largest absolute Gasteiger partial charge is 0.504 e. The number of carboxylic acid groups (broad SMARTS) is 4. The lowest BCUT2D eigenvalue weighted by atomic mass is 10.3. The number of hydrogen-bond donors (Lipinski definition) is 8. The first-order valence-corrected chi connectivity index (χ1v) is 8.07. The first-order valence-electron chi connectivity index (χ1n) is 8.07. The highest BCUT2D eigenvalue weighted by Crippen LogP contribution is 2.35. The minimum atomic E-state index is -1.23. The molecule has 168 valence electrons. The van der Waals surface area contributed by atoms with Crippen molar-refractivity contribution < 1.29 is 60.0 Å². The average molecular weight is 434 g/mol. The fourth-order valence-corrected chi connectivity index (χ4v) is 2.03. The summed E-state index contributed by atoms with van der Waals surface area (Å²) in [5.74, 6) is -6.76. The second kappa shape index (κ2) is 12.6. The van der Waals surface area contributed by atoms with E-state index in [2.05, 4.69) is 0 Å². The van der Waals surface area contributed by atoms with E-state index in [1.54, 1.807) is 0 Å². The van der Waals surface area contributed by atoms with Gasteiger partial charge in [0.25, 0.3) is 0 Å². The van der Waals surface area contributed by atoms with Gasteiger partial charge in [0.05, 0.1) is 26.2 Å². The summed E-state index contributed by atoms with van der Waals surface area (Å²) in [7, 11) is 0. The monoisotopic (exact) mass is 434 g/mol. The van der Waals surface area contributed by atoms with Gasteiger partial charge in [-0.3, -0.25) is 29.0 Å². The highest BCUT2D eigenvalue weighted by Gasteiger charge is 2.18. The number of nitrogens with zero attached hydrogens (tertiary/aromatic N) is 2. The predicted molar refractivity (Wildman–Crippen MR) is 96.5 cm³/mol. The lowest BCUT2D eigenvalue weighted by Gasteiger charge is -2.23. The third-order valence-corrected chi connectivity index (χ3v) is 3.24. The fraction of sp³-hybridized carbons (Fsp3) is 0.375. The quantitative estimate of drug-likeness (QED) is 0.145. The van der Waals surface area contributed by atoms with Crippen molar-refractivity contribution in [3.63, 3.8) is 0 Å². The molecule has 0 heterocycles. The van der Waals surface area contributed by atoms with E-state index >= 15 is 0 Å². The van der Waals surface area contributed by atoms with Gasteiger partial charge < -0.3 is 40.9 Å². The molecule has 0 spiro atoms. The summed E-state index contributed by atoms with van der Waals surface area (Å²) in [5, 5.41) is 69.3. The zero-order valence-electron chi connectivity index (χ0n) is 15.5. The number of carbonyl (C=O) groups is 4. The number of phenols is 4. The molecule has 14 heteroatoms. The Bertz CT molecular complexity index is 649. The van der Waals surface area contributed by atoms with Crippen LogP contribution in [0.2, 0.25) is 0 Å². The molecule has 0 saturated carbocycles. The van der Waals surface area contributed by atoms with Crippen LogP contribution in [0.5, 0.6) is 23.0 Å². The molecule has 0 unspecified atom stereocenters. The molecule has 0 amide bonds. The van der Waals surface area contributed by atoms with Crippen LogP contribution < -0.4 is 0 Å². The SMILES string of the molecule is O=C(O)CN(CCN(CC(=O)O)CC(=O)O)CC(=O)O.Oc1cc(O)c(O)cc1O. The lowest BCUT2D eigenvalue weighted by Crippen LogP contribution is -2.43. The van der Waals surface area contributed by atoms with Crippen molar-refractivity contribution in [1.82, 2.24) is 9.80 Å². The second-order valence-corrected chi connectivity index (χ2v) is 5.83. The number of phenolic OH excluding ortho intramolecular Hbond substituents is 4. The zero-order valence-corrected chi connectivity index (χ0v) is 15.5. The summed E-state index contributed by atoms with van der Waals surface area (Å²) in [6, 6.07) is 1.70. The maximum Gasteiger partial charge on any atom is 0.317 e. The van der Waals surface area contributed by atoms with Crippen LogP contribution in [0, 0.1) is 0 Å². The smallest absolute Gasteiger partial charge is 0.317 e. The van der Waals surface area contributed by atoms with E-state index in [-0.39, 0.29) is 13.1 Å². The Morgan fingerprint density at radius 1 is 0.533 bits per heavy atom. The van der Waals surface area contributed by atoms with Crippen molar-refractivity contribution in [2.45, 2.75) is 0 Å². The first kappa shape index (κ1) is 26.2. The van der Waals surface area contributed by atoms with Crippen molar-refractivity contribution in [3.05, 3.63) is 12.1 Å². The van der Waals surface area contributed by atoms with Crippen LogP contribution >= 0.6 is 0 Å². The highest BCUT2D eigenvalue weighted by molar-refractivity contribution is 5.73. The summed E-state index contributed by atoms with van der Waals surface area (Å²) in [4.78, 5) is 44.4. The number of aromatic hydroxyl groups is 4. The van der Waals surface area contributed by atoms with E-state index in [0.717, 1.165) is 21.9 Å². The Kier molecular flexibility index (Phi) is 11.0. The molecule has 0 aromatic heterocycles. The minimum Gasteiger partial charge on any atom is -0.504 e. The summed E-state index contributed by atoms with van der Waals surface area (Å²) in [6.45, 7) is -2.25. The van der Waals surface area contributed by atoms with Gasteiger partial charge in [0.15, 0.2) is 23.0 Å². The van der Waals surface area contributed by atoms with Gasteiger partial charge in [-0.15, -0.1) is 0 Å². The van der Waals surface area contributed by atoms with Crippen molar-refractivity contribution in [3.8, 4) is 23.0 Å². The van der Waals surface area contributed by atoms with Crippen LogP contribution in [0.1, 0.15) is 0 Å². The number of hydrogen-bond acceptors (Lipinski definition) is 10. The summed E-state index contributed by atoms with van der Waals surface area (Å²) < 4.78 is 0. The molecule has 14 nitrogen and oxygen atoms in total. The van der Waals surface area contributed by atoms with Gasteiger partial charge in [0, 0.05) is 25.2 Å². The Balaban J connectivity index is 0.000000696. The van der Waals surface area contributed by atoms with Crippen LogP contribution in [0.4, 0.5) is 0 Å². The van der Waals surface area contributed by atoms with Crippen LogP contribution in [0.15, 0.2) is 12.1 Å². The van der Waals surface area contributed by atoms with Gasteiger partial charge in [-0.25, -0.2) is 0 Å². The van der Waals surface area contributed by atoms with Gasteiger partial charge in [-0.05, 0) is 0 Å². The molecule has 0 aliphatic rings. The molecule has 1 rings (SSSR count). The summed E-state index contributed by atoms with van der Waals surface area (Å²) >= 11 is 0. The molecular formula is C16H22N2O12. The van der Waals surface area contributed by atoms with E-state index in [0.29, 0.717) is 0 Å². The minimum absolute atomic E-state index is 0.0703. The van der Waals surface area contributed by atoms with E-state index in [1.165, 1.54) is 0 Å². The maximum absolute atomic E-state index is 10.6. The van der Waals surface area contributed by atoms with Crippen LogP contribution in [-0.2, 0) is 19.2 Å². The molecule has 0 aliphatic heterocycles. The molecule has 8 N–H and O–H groups in total. The normalized spacial score (nSPS) is 10.3. The molecule has 0 bridgehead atoms. The second-order valence-electron chi connectivity index (χ2n) is 5.83. The topological polar surface area (TPSA) is 237 Å². The Hall–Kier alpha value is -3.78. The molecule has 0 saturated heterocycles.